The van der Waals surface area contributed by atoms with E-state index in [2.05, 4.69) is 37.9 Å². The highest BCUT2D eigenvalue weighted by Gasteiger charge is 2.27. The Kier molecular flexibility index (Phi) is 4.90. The fourth-order valence-electron chi connectivity index (χ4n) is 2.40. The molecule has 0 radical (unpaired) electrons. The van der Waals surface area contributed by atoms with Gasteiger partial charge < -0.3 is 5.32 Å². The van der Waals surface area contributed by atoms with E-state index in [4.69, 9.17) is 0 Å². The van der Waals surface area contributed by atoms with Crippen LogP contribution in [-0.4, -0.2) is 36.1 Å². The monoisotopic (exact) mass is 198 g/mol. The van der Waals surface area contributed by atoms with E-state index in [9.17, 15) is 0 Å². The molecule has 2 atom stereocenters. The quantitative estimate of drug-likeness (QED) is 0.745. The molecule has 14 heavy (non-hydrogen) atoms. The summed E-state index contributed by atoms with van der Waals surface area (Å²) in [6, 6.07) is 2.18. The molecule has 0 aliphatic carbocycles. The van der Waals surface area contributed by atoms with Crippen LogP contribution in [0, 0.1) is 0 Å². The molecule has 0 amide bonds. The molecule has 0 bridgehead atoms. The summed E-state index contributed by atoms with van der Waals surface area (Å²) in [5.74, 6) is 0. The lowest BCUT2D eigenvalue weighted by atomic mass is 10.0. The van der Waals surface area contributed by atoms with Gasteiger partial charge in [0.15, 0.2) is 0 Å². The summed E-state index contributed by atoms with van der Waals surface area (Å²) in [5.41, 5.74) is 0. The van der Waals surface area contributed by atoms with Crippen LogP contribution < -0.4 is 5.32 Å². The Bertz CT molecular complexity index is 156. The average molecular weight is 198 g/mol. The van der Waals surface area contributed by atoms with E-state index in [-0.39, 0.29) is 0 Å². The number of hydrogen-bond acceptors (Lipinski definition) is 2. The number of piperazine rings is 1. The molecule has 0 aromatic rings. The van der Waals surface area contributed by atoms with Crippen molar-refractivity contribution in [2.45, 2.75) is 65.1 Å². The lowest BCUT2D eigenvalue weighted by Gasteiger charge is -2.42. The molecule has 1 N–H and O–H groups in total. The van der Waals surface area contributed by atoms with E-state index in [0.29, 0.717) is 12.1 Å². The summed E-state index contributed by atoms with van der Waals surface area (Å²) in [5, 5.41) is 3.65. The van der Waals surface area contributed by atoms with Gasteiger partial charge in [0.05, 0.1) is 0 Å². The maximum Gasteiger partial charge on any atom is 0.0224 e. The van der Waals surface area contributed by atoms with Crippen LogP contribution in [0.1, 0.15) is 47.0 Å². The molecule has 0 aromatic carbocycles. The van der Waals surface area contributed by atoms with E-state index in [1.54, 1.807) is 0 Å². The van der Waals surface area contributed by atoms with Crippen LogP contribution in [0.2, 0.25) is 0 Å². The van der Waals surface area contributed by atoms with Crippen LogP contribution >= 0.6 is 0 Å². The first kappa shape index (κ1) is 12.0. The van der Waals surface area contributed by atoms with Gasteiger partial charge in [0.1, 0.15) is 0 Å². The Morgan fingerprint density at radius 1 is 1.36 bits per heavy atom. The summed E-state index contributed by atoms with van der Waals surface area (Å²) in [6.45, 7) is 11.6. The molecule has 1 aliphatic rings. The van der Waals surface area contributed by atoms with Crippen LogP contribution in [0.4, 0.5) is 0 Å². The summed E-state index contributed by atoms with van der Waals surface area (Å²) in [6.07, 6.45) is 3.88. The molecule has 1 saturated heterocycles. The molecule has 0 aromatic heterocycles. The Morgan fingerprint density at radius 3 is 2.57 bits per heavy atom. The highest BCUT2D eigenvalue weighted by Crippen LogP contribution is 2.16. The minimum absolute atomic E-state index is 0.697. The van der Waals surface area contributed by atoms with Gasteiger partial charge in [-0.25, -0.2) is 0 Å². The zero-order valence-electron chi connectivity index (χ0n) is 10.2. The number of hydrogen-bond donors (Lipinski definition) is 1. The number of rotatable bonds is 4. The predicted octanol–water partition coefficient (Wildman–Crippen LogP) is 2.25. The van der Waals surface area contributed by atoms with Gasteiger partial charge in [0.25, 0.3) is 0 Å². The Hall–Kier alpha value is -0.0800. The summed E-state index contributed by atoms with van der Waals surface area (Å²) >= 11 is 0. The van der Waals surface area contributed by atoms with Gasteiger partial charge in [-0.1, -0.05) is 20.3 Å². The summed E-state index contributed by atoms with van der Waals surface area (Å²) in [4.78, 5) is 2.67. The fraction of sp³-hybridized carbons (Fsp3) is 1.00. The van der Waals surface area contributed by atoms with Crippen LogP contribution in [0.15, 0.2) is 0 Å². The second kappa shape index (κ2) is 5.72. The molecule has 1 heterocycles. The first-order valence-electron chi connectivity index (χ1n) is 6.18. The van der Waals surface area contributed by atoms with Crippen LogP contribution in [0.5, 0.6) is 0 Å². The molecule has 2 nitrogen and oxygen atoms in total. The molecule has 0 saturated carbocycles. The molecular formula is C12H26N2. The first-order valence-corrected chi connectivity index (χ1v) is 6.18. The fourth-order valence-corrected chi connectivity index (χ4v) is 2.40. The number of nitrogens with one attached hydrogen (secondary N) is 1. The minimum Gasteiger partial charge on any atom is -0.311 e. The van der Waals surface area contributed by atoms with Gasteiger partial charge >= 0.3 is 0 Å². The van der Waals surface area contributed by atoms with Crippen LogP contribution in [0.25, 0.3) is 0 Å². The van der Waals surface area contributed by atoms with Crippen molar-refractivity contribution in [3.63, 3.8) is 0 Å². The van der Waals surface area contributed by atoms with Crippen molar-refractivity contribution in [2.75, 3.05) is 13.1 Å². The van der Waals surface area contributed by atoms with Gasteiger partial charge in [-0.05, 0) is 26.7 Å². The van der Waals surface area contributed by atoms with Gasteiger partial charge in [-0.3, -0.25) is 4.90 Å². The van der Waals surface area contributed by atoms with Crippen molar-refractivity contribution in [1.82, 2.24) is 10.2 Å². The van der Waals surface area contributed by atoms with E-state index < -0.39 is 0 Å². The van der Waals surface area contributed by atoms with Crippen molar-refractivity contribution >= 4 is 0 Å². The maximum atomic E-state index is 3.65. The summed E-state index contributed by atoms with van der Waals surface area (Å²) in [7, 11) is 0. The molecule has 1 fully saturated rings. The van der Waals surface area contributed by atoms with Crippen molar-refractivity contribution in [3.05, 3.63) is 0 Å². The first-order chi connectivity index (χ1) is 6.69. The normalized spacial score (nSPS) is 29.8. The maximum absolute atomic E-state index is 3.65. The van der Waals surface area contributed by atoms with Crippen LogP contribution in [0.3, 0.4) is 0 Å². The smallest absolute Gasteiger partial charge is 0.0224 e. The van der Waals surface area contributed by atoms with Crippen molar-refractivity contribution in [1.29, 1.82) is 0 Å². The standard InChI is InChI=1S/C12H26N2/c1-5-7-12-8-13-11(6-2)9-14(12)10(3)4/h10-13H,5-9H2,1-4H3. The highest BCUT2D eigenvalue weighted by atomic mass is 15.2. The zero-order chi connectivity index (χ0) is 10.6. The predicted molar refractivity (Wildman–Crippen MR) is 62.6 cm³/mol. The molecular weight excluding hydrogens is 172 g/mol. The van der Waals surface area contributed by atoms with Gasteiger partial charge in [-0.15, -0.1) is 0 Å². The Labute approximate surface area is 89.1 Å². The Balaban J connectivity index is 2.51. The lowest BCUT2D eigenvalue weighted by Crippen LogP contribution is -2.58. The van der Waals surface area contributed by atoms with E-state index >= 15 is 0 Å². The lowest BCUT2D eigenvalue weighted by molar-refractivity contribution is 0.0895. The SMILES string of the molecule is CCCC1CNC(CC)CN1C(C)C. The minimum atomic E-state index is 0.697. The van der Waals surface area contributed by atoms with Crippen molar-refractivity contribution in [3.8, 4) is 0 Å². The van der Waals surface area contributed by atoms with Crippen molar-refractivity contribution in [2.24, 2.45) is 0 Å². The average Bonchev–Trinajstić information content (AvgIpc) is 2.18. The number of nitrogens with zero attached hydrogens (tertiary/aromatic N) is 1. The van der Waals surface area contributed by atoms with Gasteiger partial charge in [-0.2, -0.15) is 0 Å². The molecule has 1 rings (SSSR count). The molecule has 0 spiro atoms. The third kappa shape index (κ3) is 2.96. The van der Waals surface area contributed by atoms with Gasteiger partial charge in [0, 0.05) is 31.2 Å². The van der Waals surface area contributed by atoms with E-state index in [0.717, 1.165) is 6.04 Å². The highest BCUT2D eigenvalue weighted by molar-refractivity contribution is 4.86. The third-order valence-corrected chi connectivity index (χ3v) is 3.32. The topological polar surface area (TPSA) is 15.3 Å². The zero-order valence-corrected chi connectivity index (χ0v) is 10.2. The van der Waals surface area contributed by atoms with E-state index in [1.165, 1.54) is 32.4 Å². The second-order valence-corrected chi connectivity index (χ2v) is 4.75. The van der Waals surface area contributed by atoms with Gasteiger partial charge in [0.2, 0.25) is 0 Å². The summed E-state index contributed by atoms with van der Waals surface area (Å²) < 4.78 is 0. The molecule has 2 unspecified atom stereocenters. The molecule has 84 valence electrons. The third-order valence-electron chi connectivity index (χ3n) is 3.32. The van der Waals surface area contributed by atoms with Crippen LogP contribution in [-0.2, 0) is 0 Å². The van der Waals surface area contributed by atoms with Crippen molar-refractivity contribution < 1.29 is 0 Å². The Morgan fingerprint density at radius 2 is 2.07 bits per heavy atom. The molecule has 1 aliphatic heterocycles. The second-order valence-electron chi connectivity index (χ2n) is 4.75. The largest absolute Gasteiger partial charge is 0.311 e. The van der Waals surface area contributed by atoms with E-state index in [1.807, 2.05) is 0 Å². The molecule has 2 heteroatoms.